The predicted molar refractivity (Wildman–Crippen MR) is 127 cm³/mol. The van der Waals surface area contributed by atoms with Gasteiger partial charge in [0.25, 0.3) is 5.91 Å². The molecule has 164 valence electrons. The molecule has 3 N–H and O–H groups in total. The van der Waals surface area contributed by atoms with Crippen LogP contribution in [-0.4, -0.2) is 46.8 Å². The van der Waals surface area contributed by atoms with Crippen LogP contribution in [0.2, 0.25) is 5.02 Å². The Morgan fingerprint density at radius 2 is 1.97 bits per heavy atom. The number of aryl methyl sites for hydroxylation is 1. The Bertz CT molecular complexity index is 1210. The molecule has 0 fully saturated rings. The Morgan fingerprint density at radius 3 is 2.77 bits per heavy atom. The van der Waals surface area contributed by atoms with E-state index in [1.165, 1.54) is 11.3 Å². The number of hydrogen-bond donors (Lipinski definition) is 3. The van der Waals surface area contributed by atoms with Crippen LogP contribution >= 0.6 is 35.3 Å². The summed E-state index contributed by atoms with van der Waals surface area (Å²) in [7, 11) is 1.90. The molecule has 1 amide bonds. The van der Waals surface area contributed by atoms with Crippen molar-refractivity contribution in [2.75, 3.05) is 31.6 Å². The summed E-state index contributed by atoms with van der Waals surface area (Å²) >= 11 is 7.55. The van der Waals surface area contributed by atoms with E-state index in [1.54, 1.807) is 12.1 Å². The molecule has 0 saturated heterocycles. The molecule has 7 nitrogen and oxygen atoms in total. The topological polar surface area (TPSA) is 83.9 Å². The van der Waals surface area contributed by atoms with Gasteiger partial charge in [-0.15, -0.1) is 12.4 Å². The SMILES string of the molecule is Cl.Cn1c(Nc2nc3ccc(Cl)cc3s2)nc2cc(C(=O)NCCNCCF)ccc21. The van der Waals surface area contributed by atoms with Crippen molar-refractivity contribution in [3.8, 4) is 0 Å². The van der Waals surface area contributed by atoms with Gasteiger partial charge in [0.05, 0.1) is 21.3 Å². The monoisotopic (exact) mass is 482 g/mol. The van der Waals surface area contributed by atoms with Gasteiger partial charge >= 0.3 is 0 Å². The molecular weight excluding hydrogens is 462 g/mol. The Kier molecular flexibility index (Phi) is 7.66. The van der Waals surface area contributed by atoms with Gasteiger partial charge in [-0.3, -0.25) is 4.79 Å². The molecule has 0 aliphatic heterocycles. The molecule has 2 aromatic carbocycles. The second-order valence-electron chi connectivity index (χ2n) is 6.65. The standard InChI is InChI=1S/C20H20ClFN6OS.ClH/c1-28-16-5-2-12(18(29)24-9-8-23-7-6-22)10-15(16)25-19(28)27-20-26-14-4-3-13(21)11-17(14)30-20;/h2-5,10-11,23H,6-9H2,1H3,(H,24,29)(H,25,26,27);1H. The molecule has 2 heterocycles. The number of alkyl halides is 1. The zero-order valence-corrected chi connectivity index (χ0v) is 19.0. The Balaban J connectivity index is 0.00000272. The summed E-state index contributed by atoms with van der Waals surface area (Å²) in [6, 6.07) is 11.0. The molecule has 2 aromatic heterocycles. The number of nitrogens with one attached hydrogen (secondary N) is 3. The van der Waals surface area contributed by atoms with Crippen LogP contribution in [0.15, 0.2) is 36.4 Å². The molecule has 31 heavy (non-hydrogen) atoms. The lowest BCUT2D eigenvalue weighted by Crippen LogP contribution is -2.32. The van der Waals surface area contributed by atoms with Crippen molar-refractivity contribution in [2.45, 2.75) is 0 Å². The van der Waals surface area contributed by atoms with Gasteiger partial charge in [0.15, 0.2) is 5.13 Å². The number of halogens is 3. The second kappa shape index (κ2) is 10.2. The third-order valence-corrected chi connectivity index (χ3v) is 5.74. The summed E-state index contributed by atoms with van der Waals surface area (Å²) < 4.78 is 15.0. The van der Waals surface area contributed by atoms with Crippen molar-refractivity contribution in [2.24, 2.45) is 7.05 Å². The first-order chi connectivity index (χ1) is 14.5. The van der Waals surface area contributed by atoms with Gasteiger partial charge in [-0.25, -0.2) is 14.4 Å². The zero-order chi connectivity index (χ0) is 21.1. The minimum Gasteiger partial charge on any atom is -0.351 e. The fraction of sp³-hybridized carbons (Fsp3) is 0.250. The number of hydrogen-bond acceptors (Lipinski definition) is 6. The zero-order valence-electron chi connectivity index (χ0n) is 16.6. The Labute approximate surface area is 193 Å². The van der Waals surface area contributed by atoms with Crippen LogP contribution in [0.5, 0.6) is 0 Å². The minimum atomic E-state index is -0.425. The lowest BCUT2D eigenvalue weighted by molar-refractivity contribution is 0.0954. The number of aromatic nitrogens is 3. The van der Waals surface area contributed by atoms with Crippen LogP contribution in [-0.2, 0) is 7.05 Å². The molecule has 0 unspecified atom stereocenters. The Morgan fingerprint density at radius 1 is 1.13 bits per heavy atom. The molecule has 0 aliphatic carbocycles. The number of amides is 1. The van der Waals surface area contributed by atoms with E-state index >= 15 is 0 Å². The molecule has 0 saturated carbocycles. The summed E-state index contributed by atoms with van der Waals surface area (Å²) in [5.41, 5.74) is 2.98. The van der Waals surface area contributed by atoms with Crippen molar-refractivity contribution in [3.63, 3.8) is 0 Å². The highest BCUT2D eigenvalue weighted by Crippen LogP contribution is 2.30. The largest absolute Gasteiger partial charge is 0.351 e. The van der Waals surface area contributed by atoms with Crippen LogP contribution in [0.25, 0.3) is 21.3 Å². The smallest absolute Gasteiger partial charge is 0.251 e. The maximum atomic E-state index is 12.3. The van der Waals surface area contributed by atoms with Gasteiger partial charge in [-0.1, -0.05) is 22.9 Å². The predicted octanol–water partition coefficient (Wildman–Crippen LogP) is 4.29. The van der Waals surface area contributed by atoms with Crippen molar-refractivity contribution in [1.82, 2.24) is 25.2 Å². The van der Waals surface area contributed by atoms with Crippen molar-refractivity contribution >= 4 is 73.6 Å². The molecule has 0 bridgehead atoms. The number of anilines is 2. The lowest BCUT2D eigenvalue weighted by atomic mass is 10.2. The quantitative estimate of drug-likeness (QED) is 0.326. The third kappa shape index (κ3) is 5.24. The van der Waals surface area contributed by atoms with E-state index in [1.807, 2.05) is 35.9 Å². The average Bonchev–Trinajstić information content (AvgIpc) is 3.27. The van der Waals surface area contributed by atoms with Crippen LogP contribution in [0.1, 0.15) is 10.4 Å². The first kappa shape index (κ1) is 23.2. The van der Waals surface area contributed by atoms with Gasteiger partial charge < -0.3 is 20.5 Å². The summed E-state index contributed by atoms with van der Waals surface area (Å²) in [6.45, 7) is 0.801. The summed E-state index contributed by atoms with van der Waals surface area (Å²) in [5.74, 6) is 0.435. The highest BCUT2D eigenvalue weighted by Gasteiger charge is 2.13. The molecule has 4 rings (SSSR count). The maximum absolute atomic E-state index is 12.3. The van der Waals surface area contributed by atoms with E-state index in [-0.39, 0.29) is 24.9 Å². The highest BCUT2D eigenvalue weighted by molar-refractivity contribution is 7.22. The highest BCUT2D eigenvalue weighted by atomic mass is 35.5. The van der Waals surface area contributed by atoms with E-state index in [0.717, 1.165) is 15.7 Å². The number of carbonyl (C=O) groups excluding carboxylic acids is 1. The lowest BCUT2D eigenvalue weighted by Gasteiger charge is -2.06. The first-order valence-electron chi connectivity index (χ1n) is 9.39. The number of thiazole rings is 1. The first-order valence-corrected chi connectivity index (χ1v) is 10.6. The molecule has 11 heteroatoms. The molecule has 0 radical (unpaired) electrons. The van der Waals surface area contributed by atoms with Crippen LogP contribution in [0.4, 0.5) is 15.5 Å². The van der Waals surface area contributed by atoms with E-state index < -0.39 is 6.67 Å². The van der Waals surface area contributed by atoms with Crippen LogP contribution < -0.4 is 16.0 Å². The van der Waals surface area contributed by atoms with Crippen LogP contribution in [0, 0.1) is 0 Å². The molecular formula is C20H21Cl2FN6OS. The van der Waals surface area contributed by atoms with E-state index in [2.05, 4.69) is 25.9 Å². The van der Waals surface area contributed by atoms with E-state index in [0.29, 0.717) is 40.3 Å². The molecule has 0 aliphatic rings. The molecule has 0 spiro atoms. The Hall–Kier alpha value is -2.46. The average molecular weight is 483 g/mol. The van der Waals surface area contributed by atoms with Gasteiger partial charge in [0.1, 0.15) is 6.67 Å². The van der Waals surface area contributed by atoms with Gasteiger partial charge in [0.2, 0.25) is 5.95 Å². The number of nitrogens with zero attached hydrogens (tertiary/aromatic N) is 3. The molecule has 0 atom stereocenters. The van der Waals surface area contributed by atoms with E-state index in [9.17, 15) is 9.18 Å². The van der Waals surface area contributed by atoms with Gasteiger partial charge in [-0.05, 0) is 36.4 Å². The van der Waals surface area contributed by atoms with E-state index in [4.69, 9.17) is 11.6 Å². The third-order valence-electron chi connectivity index (χ3n) is 4.57. The summed E-state index contributed by atoms with van der Waals surface area (Å²) in [4.78, 5) is 21.5. The number of rotatable bonds is 8. The fourth-order valence-corrected chi connectivity index (χ4v) is 4.19. The number of carbonyl (C=O) groups is 1. The van der Waals surface area contributed by atoms with Gasteiger partial charge in [0, 0.05) is 37.3 Å². The maximum Gasteiger partial charge on any atom is 0.251 e. The van der Waals surface area contributed by atoms with Crippen molar-refractivity contribution < 1.29 is 9.18 Å². The number of imidazole rings is 1. The minimum absolute atomic E-state index is 0. The fourth-order valence-electron chi connectivity index (χ4n) is 3.06. The van der Waals surface area contributed by atoms with Crippen LogP contribution in [0.3, 0.4) is 0 Å². The summed E-state index contributed by atoms with van der Waals surface area (Å²) in [5, 5.41) is 10.3. The van der Waals surface area contributed by atoms with Crippen molar-refractivity contribution in [3.05, 3.63) is 47.0 Å². The number of fused-ring (bicyclic) bond motifs is 2. The van der Waals surface area contributed by atoms with Gasteiger partial charge in [-0.2, -0.15) is 0 Å². The number of benzene rings is 2. The summed E-state index contributed by atoms with van der Waals surface area (Å²) in [6.07, 6.45) is 0. The normalized spacial score (nSPS) is 10.9. The second-order valence-corrected chi connectivity index (χ2v) is 8.12. The molecule has 4 aromatic rings. The van der Waals surface area contributed by atoms with Crippen molar-refractivity contribution in [1.29, 1.82) is 0 Å².